The lowest BCUT2D eigenvalue weighted by atomic mass is 10.0. The molecule has 0 aromatic heterocycles. The fourth-order valence-electron chi connectivity index (χ4n) is 9.40. The van der Waals surface area contributed by atoms with Crippen molar-refractivity contribution in [3.05, 3.63) is 72.9 Å². The molecule has 1 unspecified atom stereocenters. The third-order valence-electron chi connectivity index (χ3n) is 14.2. The summed E-state index contributed by atoms with van der Waals surface area (Å²) in [6, 6.07) is 0. The van der Waals surface area contributed by atoms with Gasteiger partial charge in [0.25, 0.3) is 0 Å². The molecule has 0 amide bonds. The van der Waals surface area contributed by atoms with Crippen LogP contribution in [0.5, 0.6) is 0 Å². The molecule has 0 saturated heterocycles. The lowest BCUT2D eigenvalue weighted by Crippen LogP contribution is -2.30. The Morgan fingerprint density at radius 1 is 0.293 bits per heavy atom. The Bertz CT molecular complexity index is 1390. The highest BCUT2D eigenvalue weighted by atomic mass is 16.6. The number of ether oxygens (including phenoxy) is 3. The summed E-state index contributed by atoms with van der Waals surface area (Å²) in [6.45, 7) is 6.48. The van der Waals surface area contributed by atoms with Crippen molar-refractivity contribution < 1.29 is 28.6 Å². The average molecular weight is 1050 g/mol. The molecule has 0 radical (unpaired) electrons. The molecule has 0 N–H and O–H groups in total. The van der Waals surface area contributed by atoms with Gasteiger partial charge in [-0.1, -0.05) is 312 Å². The summed E-state index contributed by atoms with van der Waals surface area (Å²) in [5, 5.41) is 0. The van der Waals surface area contributed by atoms with Crippen LogP contribution in [0.25, 0.3) is 0 Å². The highest BCUT2D eigenvalue weighted by Crippen LogP contribution is 2.17. The molecule has 0 aliphatic carbocycles. The van der Waals surface area contributed by atoms with Gasteiger partial charge in [-0.05, 0) is 70.6 Å². The van der Waals surface area contributed by atoms with Crippen molar-refractivity contribution in [2.75, 3.05) is 13.2 Å². The van der Waals surface area contributed by atoms with Crippen molar-refractivity contribution in [1.29, 1.82) is 0 Å². The van der Waals surface area contributed by atoms with E-state index in [1.807, 2.05) is 6.08 Å². The van der Waals surface area contributed by atoms with Crippen LogP contribution in [-0.4, -0.2) is 37.2 Å². The Balaban J connectivity index is 4.34. The molecule has 434 valence electrons. The van der Waals surface area contributed by atoms with Crippen LogP contribution in [0.1, 0.15) is 329 Å². The fourth-order valence-corrected chi connectivity index (χ4v) is 9.40. The Hall–Kier alpha value is -3.15. The van der Waals surface area contributed by atoms with E-state index in [9.17, 15) is 14.4 Å². The molecule has 0 rings (SSSR count). The van der Waals surface area contributed by atoms with Crippen LogP contribution in [0, 0.1) is 0 Å². The topological polar surface area (TPSA) is 78.9 Å². The van der Waals surface area contributed by atoms with Crippen LogP contribution in [0.15, 0.2) is 72.9 Å². The minimum absolute atomic E-state index is 0.104. The number of carbonyl (C=O) groups is 3. The van der Waals surface area contributed by atoms with E-state index in [0.29, 0.717) is 12.8 Å². The molecule has 0 heterocycles. The van der Waals surface area contributed by atoms with Gasteiger partial charge in [-0.25, -0.2) is 0 Å². The lowest BCUT2D eigenvalue weighted by molar-refractivity contribution is -0.166. The predicted octanol–water partition coefficient (Wildman–Crippen LogP) is 22.1. The smallest absolute Gasteiger partial charge is 0.309 e. The largest absolute Gasteiger partial charge is 0.462 e. The summed E-state index contributed by atoms with van der Waals surface area (Å²) in [7, 11) is 0. The van der Waals surface area contributed by atoms with Crippen LogP contribution >= 0.6 is 0 Å². The Kier molecular flexibility index (Phi) is 60.7. The Morgan fingerprint density at radius 2 is 0.573 bits per heavy atom. The number of carbonyl (C=O) groups excluding carboxylic acids is 3. The Morgan fingerprint density at radius 3 is 0.920 bits per heavy atom. The van der Waals surface area contributed by atoms with Gasteiger partial charge in [-0.2, -0.15) is 0 Å². The number of esters is 3. The molecule has 75 heavy (non-hydrogen) atoms. The van der Waals surface area contributed by atoms with Crippen LogP contribution < -0.4 is 0 Å². The second kappa shape index (κ2) is 63.4. The van der Waals surface area contributed by atoms with Crippen LogP contribution in [0.3, 0.4) is 0 Å². The zero-order valence-electron chi connectivity index (χ0n) is 49.8. The van der Waals surface area contributed by atoms with E-state index in [1.165, 1.54) is 218 Å². The van der Waals surface area contributed by atoms with Gasteiger partial charge in [0.2, 0.25) is 0 Å². The number of hydrogen-bond acceptors (Lipinski definition) is 6. The van der Waals surface area contributed by atoms with Gasteiger partial charge < -0.3 is 14.2 Å². The van der Waals surface area contributed by atoms with Crippen molar-refractivity contribution in [2.45, 2.75) is 335 Å². The zero-order chi connectivity index (χ0) is 54.3. The third kappa shape index (κ3) is 61.6. The molecule has 0 aliphatic rings. The first-order valence-electron chi connectivity index (χ1n) is 32.4. The maximum absolute atomic E-state index is 12.9. The fraction of sp³-hybridized carbons (Fsp3) is 0.783. The van der Waals surface area contributed by atoms with Crippen molar-refractivity contribution in [3.8, 4) is 0 Å². The van der Waals surface area contributed by atoms with Gasteiger partial charge in [0.15, 0.2) is 6.10 Å². The maximum Gasteiger partial charge on any atom is 0.309 e. The number of unbranched alkanes of at least 4 members (excludes halogenated alkanes) is 37. The van der Waals surface area contributed by atoms with Gasteiger partial charge >= 0.3 is 17.9 Å². The standard InChI is InChI=1S/C69H122O6/c1-4-7-10-13-16-19-22-25-28-30-31-32-33-34-35-36-37-39-41-44-47-50-53-56-59-62-68(71)74-65-66(64-73-67(70)61-58-55-52-49-46-43-40-27-24-21-18-15-12-9-6-3)75-69(72)63-60-57-54-51-48-45-42-38-29-26-23-20-17-14-11-8-5-2/h9,12,18,21,26-27,29,40,46,49,55,58,66H,4-8,10-11,13-17,19-20,22-25,28,30-39,41-45,47-48,50-54,56-57,59-65H2,1-3H3/b12-9-,21-18-,29-26-,40-27-,49-46-,58-55-. The van der Waals surface area contributed by atoms with E-state index in [-0.39, 0.29) is 31.6 Å². The zero-order valence-corrected chi connectivity index (χ0v) is 49.8. The normalized spacial score (nSPS) is 12.5. The minimum Gasteiger partial charge on any atom is -0.462 e. The summed E-state index contributed by atoms with van der Waals surface area (Å²) < 4.78 is 16.8. The van der Waals surface area contributed by atoms with Gasteiger partial charge in [0, 0.05) is 12.8 Å². The van der Waals surface area contributed by atoms with Crippen LogP contribution in [-0.2, 0) is 28.6 Å². The van der Waals surface area contributed by atoms with E-state index < -0.39 is 12.1 Å². The lowest BCUT2D eigenvalue weighted by Gasteiger charge is -2.18. The summed E-state index contributed by atoms with van der Waals surface area (Å²) in [5.41, 5.74) is 0. The quantitative estimate of drug-likeness (QED) is 0.0261. The van der Waals surface area contributed by atoms with Crippen molar-refractivity contribution in [2.24, 2.45) is 0 Å². The molecular weight excluding hydrogens is 925 g/mol. The summed E-state index contributed by atoms with van der Waals surface area (Å²) >= 11 is 0. The van der Waals surface area contributed by atoms with Gasteiger partial charge in [0.1, 0.15) is 13.2 Å². The molecule has 0 saturated carbocycles. The first-order valence-corrected chi connectivity index (χ1v) is 32.4. The SMILES string of the molecule is CC/C=C\C/C=C\C/C=C\C/C=C\C/C=C\CC(=O)OCC(COC(=O)CCCCCCCCCCCCCCCCCCCCCCCCCCC)OC(=O)CCCCCCCCC/C=C\CCCCCCCC. The second-order valence-electron chi connectivity index (χ2n) is 21.7. The number of allylic oxidation sites excluding steroid dienone is 11. The molecule has 0 aromatic carbocycles. The molecule has 0 aromatic rings. The average Bonchev–Trinajstić information content (AvgIpc) is 3.41. The van der Waals surface area contributed by atoms with E-state index in [4.69, 9.17) is 14.2 Å². The number of rotatable bonds is 59. The highest BCUT2D eigenvalue weighted by molar-refractivity contribution is 5.72. The Labute approximate surface area is 465 Å². The van der Waals surface area contributed by atoms with Gasteiger partial charge in [0.05, 0.1) is 6.42 Å². The first kappa shape index (κ1) is 71.8. The van der Waals surface area contributed by atoms with E-state index in [1.54, 1.807) is 6.08 Å². The molecule has 0 bridgehead atoms. The van der Waals surface area contributed by atoms with Crippen LogP contribution in [0.2, 0.25) is 0 Å². The second-order valence-corrected chi connectivity index (χ2v) is 21.7. The van der Waals surface area contributed by atoms with Crippen molar-refractivity contribution in [3.63, 3.8) is 0 Å². The summed E-state index contributed by atoms with van der Waals surface area (Å²) in [6.07, 6.45) is 82.3. The van der Waals surface area contributed by atoms with E-state index in [0.717, 1.165) is 70.6 Å². The predicted molar refractivity (Wildman–Crippen MR) is 325 cm³/mol. The first-order chi connectivity index (χ1) is 37.0. The summed E-state index contributed by atoms with van der Waals surface area (Å²) in [5.74, 6) is -1.03. The highest BCUT2D eigenvalue weighted by Gasteiger charge is 2.19. The van der Waals surface area contributed by atoms with Crippen molar-refractivity contribution >= 4 is 17.9 Å². The molecule has 6 nitrogen and oxygen atoms in total. The minimum atomic E-state index is -0.817. The maximum atomic E-state index is 12.9. The van der Waals surface area contributed by atoms with Gasteiger partial charge in [-0.3, -0.25) is 14.4 Å². The van der Waals surface area contributed by atoms with E-state index in [2.05, 4.69) is 81.5 Å². The molecule has 0 aliphatic heterocycles. The molecule has 0 spiro atoms. The molecule has 6 heteroatoms. The third-order valence-corrected chi connectivity index (χ3v) is 14.2. The molecule has 1 atom stereocenters. The molecule has 0 fully saturated rings. The number of hydrogen-bond donors (Lipinski definition) is 0. The van der Waals surface area contributed by atoms with E-state index >= 15 is 0 Å². The van der Waals surface area contributed by atoms with Crippen LogP contribution in [0.4, 0.5) is 0 Å². The van der Waals surface area contributed by atoms with Crippen molar-refractivity contribution in [1.82, 2.24) is 0 Å². The van der Waals surface area contributed by atoms with Gasteiger partial charge in [-0.15, -0.1) is 0 Å². The molecular formula is C69H122O6. The summed E-state index contributed by atoms with van der Waals surface area (Å²) in [4.78, 5) is 38.2. The monoisotopic (exact) mass is 1050 g/mol.